The van der Waals surface area contributed by atoms with E-state index in [9.17, 15) is 4.79 Å². The van der Waals surface area contributed by atoms with Crippen LogP contribution in [0.25, 0.3) is 10.6 Å². The lowest BCUT2D eigenvalue weighted by atomic mass is 10.0. The third kappa shape index (κ3) is 3.10. The van der Waals surface area contributed by atoms with Crippen molar-refractivity contribution >= 4 is 17.2 Å². The molecule has 1 saturated heterocycles. The summed E-state index contributed by atoms with van der Waals surface area (Å²) in [7, 11) is 0. The maximum absolute atomic E-state index is 13.2. The van der Waals surface area contributed by atoms with E-state index in [1.807, 2.05) is 60.4 Å². The lowest BCUT2D eigenvalue weighted by molar-refractivity contribution is 0.0739. The average Bonchev–Trinajstić information content (AvgIpc) is 3.30. The van der Waals surface area contributed by atoms with E-state index in [1.165, 1.54) is 16.9 Å². The van der Waals surface area contributed by atoms with E-state index in [0.29, 0.717) is 0 Å². The number of hydrogen-bond donors (Lipinski definition) is 0. The molecule has 1 atom stereocenters. The average molecular weight is 348 g/mol. The number of thiazole rings is 1. The topological polar surface area (TPSA) is 33.2 Å². The van der Waals surface area contributed by atoms with Gasteiger partial charge in [-0.3, -0.25) is 4.79 Å². The molecular weight excluding hydrogens is 328 g/mol. The van der Waals surface area contributed by atoms with E-state index in [4.69, 9.17) is 0 Å². The summed E-state index contributed by atoms with van der Waals surface area (Å²) < 4.78 is 0. The minimum absolute atomic E-state index is 0.114. The van der Waals surface area contributed by atoms with Gasteiger partial charge in [0.15, 0.2) is 0 Å². The SMILES string of the molecule is Cc1nc(-c2ccccc2)sc1C(=O)N1CCCC1c1ccccc1. The number of nitrogens with zero attached hydrogens (tertiary/aromatic N) is 2. The molecule has 1 aliphatic heterocycles. The Hall–Kier alpha value is -2.46. The number of benzene rings is 2. The van der Waals surface area contributed by atoms with Crippen molar-refractivity contribution in [2.24, 2.45) is 0 Å². The number of rotatable bonds is 3. The van der Waals surface area contributed by atoms with E-state index < -0.39 is 0 Å². The van der Waals surface area contributed by atoms with Crippen LogP contribution < -0.4 is 0 Å². The smallest absolute Gasteiger partial charge is 0.266 e. The fourth-order valence-corrected chi connectivity index (χ4v) is 4.49. The number of amides is 1. The molecule has 1 amide bonds. The second kappa shape index (κ2) is 6.81. The van der Waals surface area contributed by atoms with Gasteiger partial charge in [0.25, 0.3) is 5.91 Å². The summed E-state index contributed by atoms with van der Waals surface area (Å²) >= 11 is 1.50. The first-order valence-corrected chi connectivity index (χ1v) is 9.44. The van der Waals surface area contributed by atoms with E-state index in [2.05, 4.69) is 17.1 Å². The lowest BCUT2D eigenvalue weighted by Gasteiger charge is -2.24. The first kappa shape index (κ1) is 16.0. The number of carbonyl (C=O) groups excluding carboxylic acids is 1. The van der Waals surface area contributed by atoms with Crippen LogP contribution in [0.3, 0.4) is 0 Å². The molecule has 0 saturated carbocycles. The molecular formula is C21H20N2OS. The Bertz CT molecular complexity index is 873. The molecule has 1 aromatic heterocycles. The summed E-state index contributed by atoms with van der Waals surface area (Å²) in [5.41, 5.74) is 3.11. The minimum Gasteiger partial charge on any atom is -0.331 e. The summed E-state index contributed by atoms with van der Waals surface area (Å²) in [5, 5.41) is 0.914. The summed E-state index contributed by atoms with van der Waals surface area (Å²) in [4.78, 5) is 20.6. The second-order valence-corrected chi connectivity index (χ2v) is 7.37. The predicted octanol–water partition coefficient (Wildman–Crippen LogP) is 5.10. The highest BCUT2D eigenvalue weighted by molar-refractivity contribution is 7.17. The maximum atomic E-state index is 13.2. The molecule has 0 aliphatic carbocycles. The Balaban J connectivity index is 1.64. The molecule has 25 heavy (non-hydrogen) atoms. The molecule has 2 heterocycles. The molecule has 4 rings (SSSR count). The fourth-order valence-electron chi connectivity index (χ4n) is 3.46. The van der Waals surface area contributed by atoms with Crippen molar-refractivity contribution in [3.05, 3.63) is 76.8 Å². The van der Waals surface area contributed by atoms with Crippen molar-refractivity contribution in [1.82, 2.24) is 9.88 Å². The zero-order valence-electron chi connectivity index (χ0n) is 14.2. The second-order valence-electron chi connectivity index (χ2n) is 6.37. The summed E-state index contributed by atoms with van der Waals surface area (Å²) in [6.45, 7) is 2.75. The fraction of sp³-hybridized carbons (Fsp3) is 0.238. The quantitative estimate of drug-likeness (QED) is 0.660. The first-order valence-electron chi connectivity index (χ1n) is 8.63. The van der Waals surface area contributed by atoms with Crippen LogP contribution in [0.15, 0.2) is 60.7 Å². The highest BCUT2D eigenvalue weighted by Gasteiger charge is 2.32. The van der Waals surface area contributed by atoms with Crippen molar-refractivity contribution in [3.63, 3.8) is 0 Å². The number of hydrogen-bond acceptors (Lipinski definition) is 3. The Kier molecular flexibility index (Phi) is 4.36. The van der Waals surface area contributed by atoms with Gasteiger partial charge in [0.05, 0.1) is 11.7 Å². The van der Waals surface area contributed by atoms with Crippen LogP contribution in [0.1, 0.15) is 39.8 Å². The number of carbonyl (C=O) groups is 1. The Morgan fingerprint density at radius 1 is 1.08 bits per heavy atom. The van der Waals surface area contributed by atoms with Gasteiger partial charge in [-0.1, -0.05) is 60.7 Å². The van der Waals surface area contributed by atoms with Gasteiger partial charge < -0.3 is 4.90 Å². The van der Waals surface area contributed by atoms with Crippen LogP contribution in [0.5, 0.6) is 0 Å². The molecule has 4 heteroatoms. The van der Waals surface area contributed by atoms with E-state index in [0.717, 1.165) is 40.5 Å². The van der Waals surface area contributed by atoms with Crippen molar-refractivity contribution in [2.45, 2.75) is 25.8 Å². The van der Waals surface area contributed by atoms with Crippen LogP contribution in [0.2, 0.25) is 0 Å². The minimum atomic E-state index is 0.114. The van der Waals surface area contributed by atoms with Crippen LogP contribution in [0, 0.1) is 6.92 Å². The molecule has 2 aromatic carbocycles. The van der Waals surface area contributed by atoms with Gasteiger partial charge in [0, 0.05) is 12.1 Å². The van der Waals surface area contributed by atoms with Gasteiger partial charge in [-0.05, 0) is 25.3 Å². The van der Waals surface area contributed by atoms with E-state index >= 15 is 0 Å². The molecule has 0 radical (unpaired) electrons. The summed E-state index contributed by atoms with van der Waals surface area (Å²) in [6, 6.07) is 20.6. The molecule has 1 aliphatic rings. The van der Waals surface area contributed by atoms with Gasteiger partial charge in [0.2, 0.25) is 0 Å². The zero-order valence-corrected chi connectivity index (χ0v) is 15.0. The van der Waals surface area contributed by atoms with E-state index in [1.54, 1.807) is 0 Å². The first-order chi connectivity index (χ1) is 12.2. The molecule has 1 fully saturated rings. The monoisotopic (exact) mass is 348 g/mol. The largest absolute Gasteiger partial charge is 0.331 e. The van der Waals surface area contributed by atoms with Gasteiger partial charge in [-0.2, -0.15) is 0 Å². The normalized spacial score (nSPS) is 17.0. The molecule has 3 aromatic rings. The molecule has 126 valence electrons. The van der Waals surface area contributed by atoms with Crippen molar-refractivity contribution in [3.8, 4) is 10.6 Å². The van der Waals surface area contributed by atoms with Crippen molar-refractivity contribution in [1.29, 1.82) is 0 Å². The highest BCUT2D eigenvalue weighted by atomic mass is 32.1. The van der Waals surface area contributed by atoms with Crippen LogP contribution in [-0.4, -0.2) is 22.3 Å². The third-order valence-electron chi connectivity index (χ3n) is 4.71. The van der Waals surface area contributed by atoms with Crippen molar-refractivity contribution < 1.29 is 4.79 Å². The molecule has 0 N–H and O–H groups in total. The van der Waals surface area contributed by atoms with Gasteiger partial charge >= 0.3 is 0 Å². The van der Waals surface area contributed by atoms with Crippen LogP contribution in [0.4, 0.5) is 0 Å². The molecule has 0 spiro atoms. The van der Waals surface area contributed by atoms with Crippen LogP contribution in [-0.2, 0) is 0 Å². The number of likely N-dealkylation sites (tertiary alicyclic amines) is 1. The number of aryl methyl sites for hydroxylation is 1. The molecule has 3 nitrogen and oxygen atoms in total. The standard InChI is InChI=1S/C21H20N2OS/c1-15-19(25-20(22-15)17-11-6-3-7-12-17)21(24)23-14-8-13-18(23)16-9-4-2-5-10-16/h2-7,9-12,18H,8,13-14H2,1H3. The maximum Gasteiger partial charge on any atom is 0.266 e. The third-order valence-corrected chi connectivity index (χ3v) is 5.90. The lowest BCUT2D eigenvalue weighted by Crippen LogP contribution is -2.30. The summed E-state index contributed by atoms with van der Waals surface area (Å²) in [6.07, 6.45) is 2.08. The van der Waals surface area contributed by atoms with Crippen molar-refractivity contribution in [2.75, 3.05) is 6.54 Å². The highest BCUT2D eigenvalue weighted by Crippen LogP contribution is 2.35. The molecule has 0 bridgehead atoms. The zero-order chi connectivity index (χ0) is 17.2. The van der Waals surface area contributed by atoms with Crippen LogP contribution >= 0.6 is 11.3 Å². The van der Waals surface area contributed by atoms with Gasteiger partial charge in [-0.25, -0.2) is 4.98 Å². The number of aromatic nitrogens is 1. The Morgan fingerprint density at radius 3 is 2.48 bits per heavy atom. The Morgan fingerprint density at radius 2 is 1.76 bits per heavy atom. The predicted molar refractivity (Wildman–Crippen MR) is 102 cm³/mol. The Labute approximate surface area is 152 Å². The van der Waals surface area contributed by atoms with E-state index in [-0.39, 0.29) is 11.9 Å². The van der Waals surface area contributed by atoms with Gasteiger partial charge in [-0.15, -0.1) is 11.3 Å². The summed E-state index contributed by atoms with van der Waals surface area (Å²) in [5.74, 6) is 0.114. The van der Waals surface area contributed by atoms with Gasteiger partial charge in [0.1, 0.15) is 9.88 Å². The molecule has 1 unspecified atom stereocenters.